The molecule has 4 aromatic carbocycles. The zero-order valence-electron chi connectivity index (χ0n) is 28.8. The summed E-state index contributed by atoms with van der Waals surface area (Å²) >= 11 is 13.0. The van der Waals surface area contributed by atoms with Crippen molar-refractivity contribution < 1.29 is 0 Å². The quantitative estimate of drug-likeness (QED) is 0.195. The van der Waals surface area contributed by atoms with Crippen molar-refractivity contribution in [2.45, 2.75) is 63.8 Å². The molecule has 1 unspecified atom stereocenters. The molecule has 0 aromatic heterocycles. The molecule has 0 bridgehead atoms. The molecular weight excluding hydrogens is 629 g/mol. The fourth-order valence-electron chi connectivity index (χ4n) is 8.28. The average molecular weight is 674 g/mol. The first-order valence-electron chi connectivity index (χ1n) is 16.9. The van der Waals surface area contributed by atoms with Crippen molar-refractivity contribution >= 4 is 51.7 Å². The molecule has 0 amide bonds. The van der Waals surface area contributed by atoms with Gasteiger partial charge in [0.05, 0.1) is 0 Å². The van der Waals surface area contributed by atoms with E-state index in [2.05, 4.69) is 159 Å². The van der Waals surface area contributed by atoms with Gasteiger partial charge in [0.15, 0.2) is 0 Å². The van der Waals surface area contributed by atoms with E-state index in [1.54, 1.807) is 0 Å². The van der Waals surface area contributed by atoms with Gasteiger partial charge in [0.25, 0.3) is 0 Å². The molecule has 1 fully saturated rings. The zero-order chi connectivity index (χ0) is 33.8. The highest BCUT2D eigenvalue weighted by atomic mass is 35.5. The Morgan fingerprint density at radius 2 is 1.27 bits per heavy atom. The fraction of sp³-hybridized carbons (Fsp3) is 0.279. The Morgan fingerprint density at radius 1 is 0.708 bits per heavy atom. The largest absolute Gasteiger partial charge is 0.370 e. The van der Waals surface area contributed by atoms with Gasteiger partial charge >= 0.3 is 0 Å². The van der Waals surface area contributed by atoms with E-state index in [-0.39, 0.29) is 10.8 Å². The molecule has 1 aliphatic carbocycles. The first kappa shape index (κ1) is 32.5. The number of rotatable bonds is 5. The summed E-state index contributed by atoms with van der Waals surface area (Å²) < 4.78 is 2.46. The number of para-hydroxylation sites is 2. The maximum atomic E-state index is 6.49. The van der Waals surface area contributed by atoms with Crippen molar-refractivity contribution in [2.24, 2.45) is 0 Å². The second-order valence-corrected chi connectivity index (χ2v) is 15.3. The van der Waals surface area contributed by atoms with Gasteiger partial charge in [-0.2, -0.15) is 4.58 Å². The van der Waals surface area contributed by atoms with Gasteiger partial charge in [0, 0.05) is 93.5 Å². The Labute approximate surface area is 296 Å². The van der Waals surface area contributed by atoms with Crippen LogP contribution in [0.4, 0.5) is 22.7 Å². The van der Waals surface area contributed by atoms with Crippen LogP contribution >= 0.6 is 23.2 Å². The van der Waals surface area contributed by atoms with Crippen molar-refractivity contribution in [3.05, 3.63) is 153 Å². The Kier molecular flexibility index (Phi) is 8.42. The molecule has 2 aliphatic heterocycles. The number of halogens is 2. The number of anilines is 2. The van der Waals surface area contributed by atoms with Crippen LogP contribution in [0.2, 0.25) is 10.0 Å². The molecule has 2 heterocycles. The maximum Gasteiger partial charge on any atom is 0.217 e. The number of hydrogen-bond acceptors (Lipinski definition) is 2. The highest BCUT2D eigenvalue weighted by Crippen LogP contribution is 2.49. The summed E-state index contributed by atoms with van der Waals surface area (Å²) in [5, 5.41) is 1.58. The molecule has 7 rings (SSSR count). The molecule has 0 spiro atoms. The molecule has 1 atom stereocenters. The Morgan fingerprint density at radius 3 is 1.90 bits per heavy atom. The third-order valence-corrected chi connectivity index (χ3v) is 11.4. The maximum absolute atomic E-state index is 6.49. The van der Waals surface area contributed by atoms with Gasteiger partial charge in [-0.1, -0.05) is 99.4 Å². The van der Waals surface area contributed by atoms with Gasteiger partial charge < -0.3 is 9.80 Å². The lowest BCUT2D eigenvalue weighted by molar-refractivity contribution is 0.429. The third kappa shape index (κ3) is 5.51. The van der Waals surface area contributed by atoms with E-state index >= 15 is 0 Å². The van der Waals surface area contributed by atoms with Crippen LogP contribution in [0.3, 0.4) is 0 Å². The van der Waals surface area contributed by atoms with Crippen molar-refractivity contribution in [3.8, 4) is 0 Å². The van der Waals surface area contributed by atoms with Gasteiger partial charge in [-0.3, -0.25) is 0 Å². The van der Waals surface area contributed by atoms with Gasteiger partial charge in [0.2, 0.25) is 17.1 Å². The Hall–Kier alpha value is -4.05. The van der Waals surface area contributed by atoms with Crippen LogP contribution in [-0.2, 0) is 10.8 Å². The molecule has 0 radical (unpaired) electrons. The van der Waals surface area contributed by atoms with E-state index in [1.807, 2.05) is 12.1 Å². The van der Waals surface area contributed by atoms with Gasteiger partial charge in [-0.05, 0) is 72.9 Å². The van der Waals surface area contributed by atoms with Crippen LogP contribution in [0.25, 0.3) is 0 Å². The first-order chi connectivity index (χ1) is 23.0. The third-order valence-electron chi connectivity index (χ3n) is 10.9. The number of allylic oxidation sites excluding steroid dienone is 5. The lowest BCUT2D eigenvalue weighted by Gasteiger charge is -2.31. The SMILES string of the molecule is CN1C(=CC=C2CC/C(=C\CC3N(C)c4ccc(Cl)cc4C3(C)C)C2=[N+](c2ccccc2)c2ccccc2)C(C)(C)c2cc(Cl)ccc21. The molecule has 48 heavy (non-hydrogen) atoms. The van der Waals surface area contributed by atoms with E-state index in [0.29, 0.717) is 6.04 Å². The van der Waals surface area contributed by atoms with Crippen molar-refractivity contribution in [3.63, 3.8) is 0 Å². The molecular formula is C43H44Cl2N3+. The summed E-state index contributed by atoms with van der Waals surface area (Å²) in [6.07, 6.45) is 10.1. The summed E-state index contributed by atoms with van der Waals surface area (Å²) in [7, 11) is 4.40. The summed E-state index contributed by atoms with van der Waals surface area (Å²) in [4.78, 5) is 4.77. The van der Waals surface area contributed by atoms with Crippen LogP contribution in [0.15, 0.2) is 132 Å². The summed E-state index contributed by atoms with van der Waals surface area (Å²) in [6, 6.07) is 34.5. The van der Waals surface area contributed by atoms with Gasteiger partial charge in [0.1, 0.15) is 0 Å². The van der Waals surface area contributed by atoms with Gasteiger partial charge in [-0.25, -0.2) is 0 Å². The topological polar surface area (TPSA) is 9.49 Å². The van der Waals surface area contributed by atoms with Crippen LogP contribution in [0, 0.1) is 0 Å². The zero-order valence-corrected chi connectivity index (χ0v) is 30.3. The second kappa shape index (κ2) is 12.4. The van der Waals surface area contributed by atoms with E-state index in [4.69, 9.17) is 23.2 Å². The van der Waals surface area contributed by atoms with Crippen molar-refractivity contribution in [1.82, 2.24) is 4.58 Å². The molecule has 1 saturated carbocycles. The minimum atomic E-state index is -0.168. The molecule has 3 nitrogen and oxygen atoms in total. The number of fused-ring (bicyclic) bond motifs is 2. The molecule has 5 heteroatoms. The van der Waals surface area contributed by atoms with E-state index in [1.165, 1.54) is 45.1 Å². The number of likely N-dealkylation sites (N-methyl/N-ethyl adjacent to an activating group) is 2. The van der Waals surface area contributed by atoms with Crippen LogP contribution < -0.4 is 14.4 Å². The molecule has 244 valence electrons. The minimum absolute atomic E-state index is 0.0387. The monoisotopic (exact) mass is 672 g/mol. The Bertz CT molecular complexity index is 1960. The lowest BCUT2D eigenvalue weighted by Crippen LogP contribution is -2.39. The highest BCUT2D eigenvalue weighted by Gasteiger charge is 2.43. The van der Waals surface area contributed by atoms with E-state index < -0.39 is 0 Å². The number of benzene rings is 4. The summed E-state index contributed by atoms with van der Waals surface area (Å²) in [5.41, 5.74) is 12.5. The lowest BCUT2D eigenvalue weighted by atomic mass is 9.79. The normalized spacial score (nSPS) is 21.8. The standard InChI is InChI=1S/C43H44Cl2N3/c1-42(2)35-27-31(44)21-23-37(35)46(5)39(42)25-19-29-17-18-30(20-26-40-43(3,4)36-28-32(45)22-24-38(36)47(40)6)41(29)48(33-13-9-7-10-14-33)34-15-11-8-12-16-34/h7-16,19-25,27-28,40H,17-18,26H2,1-6H3/q+1/b30-20+. The summed E-state index contributed by atoms with van der Waals surface area (Å²) in [5.74, 6) is 0. The predicted molar refractivity (Wildman–Crippen MR) is 207 cm³/mol. The molecule has 0 N–H and O–H groups in total. The van der Waals surface area contributed by atoms with E-state index in [0.717, 1.165) is 40.7 Å². The smallest absolute Gasteiger partial charge is 0.217 e. The van der Waals surface area contributed by atoms with Crippen molar-refractivity contribution in [2.75, 3.05) is 23.9 Å². The summed E-state index contributed by atoms with van der Waals surface area (Å²) in [6.45, 7) is 9.31. The molecule has 4 aromatic rings. The molecule has 0 saturated heterocycles. The first-order valence-corrected chi connectivity index (χ1v) is 17.7. The Balaban J connectivity index is 1.36. The predicted octanol–water partition coefficient (Wildman–Crippen LogP) is 11.4. The van der Waals surface area contributed by atoms with Crippen LogP contribution in [-0.4, -0.2) is 25.8 Å². The fourth-order valence-corrected chi connectivity index (χ4v) is 8.62. The second-order valence-electron chi connectivity index (χ2n) is 14.4. The van der Waals surface area contributed by atoms with Crippen LogP contribution in [0.5, 0.6) is 0 Å². The van der Waals surface area contributed by atoms with Crippen molar-refractivity contribution in [1.29, 1.82) is 0 Å². The van der Waals surface area contributed by atoms with Crippen LogP contribution in [0.1, 0.15) is 58.1 Å². The minimum Gasteiger partial charge on any atom is -0.370 e. The number of nitrogens with zero attached hydrogens (tertiary/aromatic N) is 3. The van der Waals surface area contributed by atoms with Gasteiger partial charge in [-0.15, -0.1) is 0 Å². The average Bonchev–Trinajstić information content (AvgIpc) is 3.61. The number of hydrogen-bond donors (Lipinski definition) is 0. The highest BCUT2D eigenvalue weighted by molar-refractivity contribution is 6.31. The molecule has 3 aliphatic rings. The van der Waals surface area contributed by atoms with E-state index in [9.17, 15) is 0 Å².